The van der Waals surface area contributed by atoms with E-state index in [0.717, 1.165) is 6.42 Å². The Bertz CT molecular complexity index is 303. The molecule has 0 aliphatic rings. The molecule has 88 valence electrons. The minimum absolute atomic E-state index is 0.0780. The maximum Gasteiger partial charge on any atom is 0.333 e. The van der Waals surface area contributed by atoms with Gasteiger partial charge in [-0.1, -0.05) is 19.8 Å². The predicted octanol–water partition coefficient (Wildman–Crippen LogP) is 1.89. The first kappa shape index (κ1) is 14.4. The van der Waals surface area contributed by atoms with Crippen LogP contribution in [0.5, 0.6) is 0 Å². The molecule has 0 unspecified atom stereocenters. The Morgan fingerprint density at radius 1 is 1.27 bits per heavy atom. The van der Waals surface area contributed by atoms with Crippen LogP contribution in [0.2, 0.25) is 0 Å². The summed E-state index contributed by atoms with van der Waals surface area (Å²) in [6.07, 6.45) is 8.82. The van der Waals surface area contributed by atoms with E-state index >= 15 is 0 Å². The number of rotatable bonds is 8. The summed E-state index contributed by atoms with van der Waals surface area (Å²) >= 11 is 0. The van der Waals surface area contributed by atoms with Crippen LogP contribution < -0.4 is 5.14 Å². The van der Waals surface area contributed by atoms with Crippen molar-refractivity contribution in [2.24, 2.45) is 5.14 Å². The molecular weight excluding hydrogens is 214 g/mol. The first-order valence-corrected chi connectivity index (χ1v) is 6.60. The molecule has 0 aromatic heterocycles. The fraction of sp³-hybridized carbons (Fsp3) is 0.700. The molecule has 5 heteroatoms. The van der Waals surface area contributed by atoms with E-state index in [0.29, 0.717) is 6.42 Å². The highest BCUT2D eigenvalue weighted by molar-refractivity contribution is 7.84. The van der Waals surface area contributed by atoms with Gasteiger partial charge in [0.15, 0.2) is 0 Å². The lowest BCUT2D eigenvalue weighted by Gasteiger charge is -1.95. The Morgan fingerprint density at radius 2 is 1.93 bits per heavy atom. The molecule has 0 atom stereocenters. The van der Waals surface area contributed by atoms with E-state index in [1.165, 1.54) is 19.3 Å². The second-order valence-electron chi connectivity index (χ2n) is 3.17. The Kier molecular flexibility index (Phi) is 8.33. The molecule has 0 heterocycles. The van der Waals surface area contributed by atoms with Gasteiger partial charge in [-0.3, -0.25) is 4.18 Å². The highest BCUT2D eigenvalue weighted by atomic mass is 32.2. The normalized spacial score (nSPS) is 10.8. The van der Waals surface area contributed by atoms with Gasteiger partial charge in [0, 0.05) is 0 Å². The van der Waals surface area contributed by atoms with Crippen molar-refractivity contribution >= 4 is 10.3 Å². The van der Waals surface area contributed by atoms with Crippen LogP contribution in [0.25, 0.3) is 0 Å². The van der Waals surface area contributed by atoms with E-state index < -0.39 is 10.3 Å². The zero-order valence-electron chi connectivity index (χ0n) is 9.11. The third-order valence-corrected chi connectivity index (χ3v) is 2.19. The van der Waals surface area contributed by atoms with Crippen LogP contribution in [-0.4, -0.2) is 15.0 Å². The van der Waals surface area contributed by atoms with E-state index in [9.17, 15) is 8.42 Å². The molecule has 2 N–H and O–H groups in total. The maximum absolute atomic E-state index is 10.4. The van der Waals surface area contributed by atoms with Gasteiger partial charge in [-0.2, -0.15) is 8.42 Å². The SMILES string of the molecule is CCCCCC=C=CCCOS(N)(=O)=O. The largest absolute Gasteiger partial charge is 0.333 e. The summed E-state index contributed by atoms with van der Waals surface area (Å²) < 4.78 is 25.0. The van der Waals surface area contributed by atoms with Gasteiger partial charge < -0.3 is 0 Å². The molecule has 0 aliphatic carbocycles. The lowest BCUT2D eigenvalue weighted by atomic mass is 10.2. The summed E-state index contributed by atoms with van der Waals surface area (Å²) in [6, 6.07) is 0. The molecule has 0 radical (unpaired) electrons. The summed E-state index contributed by atoms with van der Waals surface area (Å²) in [5, 5.41) is 4.64. The molecule has 4 nitrogen and oxygen atoms in total. The van der Waals surface area contributed by atoms with E-state index in [4.69, 9.17) is 0 Å². The van der Waals surface area contributed by atoms with Crippen molar-refractivity contribution in [3.8, 4) is 0 Å². The third kappa shape index (κ3) is 13.4. The van der Waals surface area contributed by atoms with E-state index in [1.807, 2.05) is 6.08 Å². The monoisotopic (exact) mass is 233 g/mol. The van der Waals surface area contributed by atoms with Gasteiger partial charge in [-0.05, 0) is 31.4 Å². The van der Waals surface area contributed by atoms with Gasteiger partial charge in [-0.25, -0.2) is 5.14 Å². The Hall–Kier alpha value is -0.610. The molecule has 0 rings (SSSR count). The topological polar surface area (TPSA) is 69.4 Å². The number of hydrogen-bond acceptors (Lipinski definition) is 3. The zero-order valence-corrected chi connectivity index (χ0v) is 9.92. The van der Waals surface area contributed by atoms with Crippen molar-refractivity contribution in [2.45, 2.75) is 39.0 Å². The van der Waals surface area contributed by atoms with Crippen LogP contribution in [0.15, 0.2) is 17.9 Å². The smallest absolute Gasteiger partial charge is 0.258 e. The molecule has 0 spiro atoms. The van der Waals surface area contributed by atoms with Crippen LogP contribution in [0, 0.1) is 0 Å². The lowest BCUT2D eigenvalue weighted by molar-refractivity contribution is 0.325. The average Bonchev–Trinajstić information content (AvgIpc) is 2.14. The maximum atomic E-state index is 10.4. The van der Waals surface area contributed by atoms with Gasteiger partial charge >= 0.3 is 10.3 Å². The van der Waals surface area contributed by atoms with Gasteiger partial charge in [0.1, 0.15) is 0 Å². The molecule has 0 aliphatic heterocycles. The quantitative estimate of drug-likeness (QED) is 0.514. The van der Waals surface area contributed by atoms with Gasteiger partial charge in [0.05, 0.1) is 6.61 Å². The minimum Gasteiger partial charge on any atom is -0.258 e. The van der Waals surface area contributed by atoms with Crippen LogP contribution in [-0.2, 0) is 14.5 Å². The van der Waals surface area contributed by atoms with Crippen molar-refractivity contribution in [1.29, 1.82) is 0 Å². The standard InChI is InChI=1S/C10H19NO3S/c1-2-3-4-5-6-7-8-9-10-14-15(11,12)13/h6,8H,2-5,9-10H2,1H3,(H2,11,12,13). The number of hydrogen-bond donors (Lipinski definition) is 1. The van der Waals surface area contributed by atoms with Crippen molar-refractivity contribution < 1.29 is 12.6 Å². The van der Waals surface area contributed by atoms with Crippen molar-refractivity contribution in [3.05, 3.63) is 17.9 Å². The molecule has 0 bridgehead atoms. The fourth-order valence-corrected chi connectivity index (χ4v) is 1.30. The summed E-state index contributed by atoms with van der Waals surface area (Å²) in [4.78, 5) is 0. The van der Waals surface area contributed by atoms with E-state index in [-0.39, 0.29) is 6.61 Å². The van der Waals surface area contributed by atoms with Gasteiger partial charge in [0.25, 0.3) is 0 Å². The lowest BCUT2D eigenvalue weighted by Crippen LogP contribution is -2.16. The van der Waals surface area contributed by atoms with Crippen LogP contribution >= 0.6 is 0 Å². The first-order valence-electron chi connectivity index (χ1n) is 5.13. The summed E-state index contributed by atoms with van der Waals surface area (Å²) in [6.45, 7) is 2.23. The Balaban J connectivity index is 3.46. The number of nitrogens with two attached hydrogens (primary N) is 1. The van der Waals surface area contributed by atoms with E-state index in [1.54, 1.807) is 6.08 Å². The summed E-state index contributed by atoms with van der Waals surface area (Å²) in [7, 11) is -3.79. The highest BCUT2D eigenvalue weighted by Gasteiger charge is 1.98. The zero-order chi connectivity index (χ0) is 11.6. The molecule has 0 saturated heterocycles. The van der Waals surface area contributed by atoms with Crippen molar-refractivity contribution in [3.63, 3.8) is 0 Å². The number of unbranched alkanes of at least 4 members (excludes halogenated alkanes) is 3. The first-order chi connectivity index (χ1) is 7.06. The third-order valence-electron chi connectivity index (χ3n) is 1.70. The molecule has 0 amide bonds. The minimum atomic E-state index is -3.79. The second-order valence-corrected chi connectivity index (χ2v) is 4.40. The van der Waals surface area contributed by atoms with Crippen LogP contribution in [0.4, 0.5) is 0 Å². The second kappa shape index (κ2) is 8.68. The molecule has 0 aromatic rings. The van der Waals surface area contributed by atoms with Gasteiger partial charge in [0.2, 0.25) is 0 Å². The molecule has 0 fully saturated rings. The van der Waals surface area contributed by atoms with Crippen molar-refractivity contribution in [1.82, 2.24) is 0 Å². The molecular formula is C10H19NO3S. The molecule has 0 saturated carbocycles. The van der Waals surface area contributed by atoms with Gasteiger partial charge in [-0.15, -0.1) is 5.73 Å². The Morgan fingerprint density at radius 3 is 2.53 bits per heavy atom. The highest BCUT2D eigenvalue weighted by Crippen LogP contribution is 1.98. The predicted molar refractivity (Wildman–Crippen MR) is 60.5 cm³/mol. The summed E-state index contributed by atoms with van der Waals surface area (Å²) in [5.41, 5.74) is 2.96. The average molecular weight is 233 g/mol. The van der Waals surface area contributed by atoms with Crippen molar-refractivity contribution in [2.75, 3.05) is 6.61 Å². The van der Waals surface area contributed by atoms with E-state index in [2.05, 4.69) is 22.0 Å². The molecule has 15 heavy (non-hydrogen) atoms. The van der Waals surface area contributed by atoms with Crippen LogP contribution in [0.1, 0.15) is 39.0 Å². The Labute approximate surface area is 92.1 Å². The van der Waals surface area contributed by atoms with Crippen LogP contribution in [0.3, 0.4) is 0 Å². The molecule has 0 aromatic carbocycles. The fourth-order valence-electron chi connectivity index (χ4n) is 0.970. The summed E-state index contributed by atoms with van der Waals surface area (Å²) in [5.74, 6) is 0.